The molecular weight excluding hydrogens is 359 g/mol. The average molecular weight is 387 g/mol. The molecule has 0 fully saturated rings. The minimum Gasteiger partial charge on any atom is -0.356 e. The summed E-state index contributed by atoms with van der Waals surface area (Å²) >= 11 is 3.27. The molecule has 0 atom stereocenters. The van der Waals surface area contributed by atoms with E-state index in [0.717, 1.165) is 42.1 Å². The van der Waals surface area contributed by atoms with E-state index in [1.165, 1.54) is 6.07 Å². The third-order valence-electron chi connectivity index (χ3n) is 3.23. The maximum absolute atomic E-state index is 13.7. The minimum atomic E-state index is -0.157. The number of hydrogen-bond donors (Lipinski definition) is 3. The topological polar surface area (TPSA) is 48.5 Å². The van der Waals surface area contributed by atoms with Gasteiger partial charge in [0.1, 0.15) is 5.82 Å². The molecule has 6 heteroatoms. The maximum Gasteiger partial charge on any atom is 0.191 e. The Morgan fingerprint density at radius 3 is 2.48 bits per heavy atom. The number of aliphatic imine (C=N–C) groups is 1. The number of aryl methyl sites for hydroxylation is 1. The van der Waals surface area contributed by atoms with Crippen LogP contribution in [-0.4, -0.2) is 38.2 Å². The van der Waals surface area contributed by atoms with E-state index in [-0.39, 0.29) is 11.4 Å². The third kappa shape index (κ3) is 8.91. The molecule has 130 valence electrons. The second-order valence-electron chi connectivity index (χ2n) is 6.44. The molecule has 4 nitrogen and oxygen atoms in total. The van der Waals surface area contributed by atoms with Gasteiger partial charge in [-0.1, -0.05) is 22.0 Å². The molecule has 0 aliphatic heterocycles. The Kier molecular flexibility index (Phi) is 8.55. The van der Waals surface area contributed by atoms with Crippen molar-refractivity contribution in [1.82, 2.24) is 16.0 Å². The highest BCUT2D eigenvalue weighted by molar-refractivity contribution is 9.10. The van der Waals surface area contributed by atoms with Crippen molar-refractivity contribution in [3.63, 3.8) is 0 Å². The lowest BCUT2D eigenvalue weighted by Gasteiger charge is -2.21. The van der Waals surface area contributed by atoms with Crippen molar-refractivity contribution in [3.8, 4) is 0 Å². The van der Waals surface area contributed by atoms with E-state index in [1.807, 2.05) is 12.1 Å². The number of rotatable bonds is 7. The van der Waals surface area contributed by atoms with E-state index in [9.17, 15) is 4.39 Å². The molecule has 0 unspecified atom stereocenters. The van der Waals surface area contributed by atoms with Crippen molar-refractivity contribution in [2.45, 2.75) is 39.2 Å². The number of benzene rings is 1. The van der Waals surface area contributed by atoms with Gasteiger partial charge < -0.3 is 16.0 Å². The lowest BCUT2D eigenvalue weighted by molar-refractivity contribution is 0.428. The summed E-state index contributed by atoms with van der Waals surface area (Å²) < 4.78 is 14.5. The van der Waals surface area contributed by atoms with Crippen molar-refractivity contribution in [1.29, 1.82) is 0 Å². The summed E-state index contributed by atoms with van der Waals surface area (Å²) in [6.07, 6.45) is 1.55. The summed E-state index contributed by atoms with van der Waals surface area (Å²) in [6.45, 7) is 8.85. The molecule has 1 rings (SSSR count). The molecule has 0 radical (unpaired) electrons. The average Bonchev–Trinajstić information content (AvgIpc) is 2.46. The largest absolute Gasteiger partial charge is 0.356 e. The molecule has 1 aromatic carbocycles. The second-order valence-corrected chi connectivity index (χ2v) is 7.36. The Labute approximate surface area is 147 Å². The van der Waals surface area contributed by atoms with Gasteiger partial charge in [0.25, 0.3) is 0 Å². The predicted molar refractivity (Wildman–Crippen MR) is 99.5 cm³/mol. The Morgan fingerprint density at radius 2 is 1.87 bits per heavy atom. The quantitative estimate of drug-likeness (QED) is 0.383. The number of nitrogens with zero attached hydrogens (tertiary/aromatic N) is 1. The van der Waals surface area contributed by atoms with Gasteiger partial charge in [0.2, 0.25) is 0 Å². The molecule has 0 heterocycles. The van der Waals surface area contributed by atoms with E-state index in [0.29, 0.717) is 6.42 Å². The van der Waals surface area contributed by atoms with Crippen molar-refractivity contribution in [2.24, 2.45) is 4.99 Å². The van der Waals surface area contributed by atoms with Gasteiger partial charge in [0.15, 0.2) is 5.96 Å². The normalized spacial score (nSPS) is 12.3. The molecule has 1 aromatic rings. The van der Waals surface area contributed by atoms with Crippen molar-refractivity contribution in [3.05, 3.63) is 34.1 Å². The Bertz CT molecular complexity index is 512. The van der Waals surface area contributed by atoms with Gasteiger partial charge in [0.05, 0.1) is 0 Å². The van der Waals surface area contributed by atoms with E-state index in [1.54, 1.807) is 7.05 Å². The van der Waals surface area contributed by atoms with Gasteiger partial charge in [-0.25, -0.2) is 4.39 Å². The van der Waals surface area contributed by atoms with Crippen LogP contribution in [0.2, 0.25) is 0 Å². The maximum atomic E-state index is 13.7. The first-order chi connectivity index (χ1) is 10.8. The smallest absolute Gasteiger partial charge is 0.191 e. The van der Waals surface area contributed by atoms with Crippen LogP contribution in [0, 0.1) is 5.82 Å². The van der Waals surface area contributed by atoms with E-state index >= 15 is 0 Å². The fourth-order valence-corrected chi connectivity index (χ4v) is 2.38. The first kappa shape index (κ1) is 19.9. The first-order valence-electron chi connectivity index (χ1n) is 7.95. The molecule has 0 aliphatic carbocycles. The summed E-state index contributed by atoms with van der Waals surface area (Å²) in [5.41, 5.74) is 0.861. The van der Waals surface area contributed by atoms with Gasteiger partial charge >= 0.3 is 0 Å². The highest BCUT2D eigenvalue weighted by Crippen LogP contribution is 2.16. The monoisotopic (exact) mass is 386 g/mol. The van der Waals surface area contributed by atoms with E-state index in [2.05, 4.69) is 57.6 Å². The van der Waals surface area contributed by atoms with Crippen LogP contribution in [0.1, 0.15) is 32.8 Å². The van der Waals surface area contributed by atoms with Crippen LogP contribution in [0.3, 0.4) is 0 Å². The van der Waals surface area contributed by atoms with Gasteiger partial charge in [-0.15, -0.1) is 0 Å². The first-order valence-corrected chi connectivity index (χ1v) is 8.74. The van der Waals surface area contributed by atoms with Gasteiger partial charge in [0, 0.05) is 36.7 Å². The Hall–Kier alpha value is -1.14. The molecule has 0 amide bonds. The van der Waals surface area contributed by atoms with Crippen molar-refractivity contribution < 1.29 is 4.39 Å². The van der Waals surface area contributed by atoms with Crippen LogP contribution in [0.25, 0.3) is 0 Å². The Morgan fingerprint density at radius 1 is 1.17 bits per heavy atom. The number of halogens is 2. The Balaban J connectivity index is 2.22. The zero-order valence-corrected chi connectivity index (χ0v) is 16.1. The van der Waals surface area contributed by atoms with Crippen LogP contribution >= 0.6 is 15.9 Å². The van der Waals surface area contributed by atoms with E-state index < -0.39 is 0 Å². The molecule has 0 aliphatic rings. The van der Waals surface area contributed by atoms with E-state index in [4.69, 9.17) is 0 Å². The lowest BCUT2D eigenvalue weighted by Crippen LogP contribution is -2.44. The minimum absolute atomic E-state index is 0.118. The summed E-state index contributed by atoms with van der Waals surface area (Å²) in [7, 11) is 1.75. The summed E-state index contributed by atoms with van der Waals surface area (Å²) in [5, 5.41) is 9.91. The molecule has 0 saturated heterocycles. The van der Waals surface area contributed by atoms with Crippen LogP contribution in [0.5, 0.6) is 0 Å². The number of guanidine groups is 1. The zero-order chi connectivity index (χ0) is 17.3. The molecule has 0 bridgehead atoms. The third-order valence-corrected chi connectivity index (χ3v) is 3.72. The van der Waals surface area contributed by atoms with Crippen molar-refractivity contribution >= 4 is 21.9 Å². The lowest BCUT2D eigenvalue weighted by atomic mass is 10.1. The van der Waals surface area contributed by atoms with Crippen LogP contribution in [0.15, 0.2) is 27.7 Å². The fraction of sp³-hybridized carbons (Fsp3) is 0.588. The summed E-state index contributed by atoms with van der Waals surface area (Å²) in [4.78, 5) is 4.18. The zero-order valence-electron chi connectivity index (χ0n) is 14.5. The SMILES string of the molecule is CN=C(NCCCc1ccc(Br)cc1F)NCCNC(C)(C)C. The molecule has 3 N–H and O–H groups in total. The fourth-order valence-electron chi connectivity index (χ4n) is 2.05. The standard InChI is InChI=1S/C17H28BrFN4/c1-17(2,3)23-11-10-22-16(20-4)21-9-5-6-13-7-8-14(18)12-15(13)19/h7-8,12,23H,5-6,9-11H2,1-4H3,(H2,20,21,22). The molecular formula is C17H28BrFN4. The summed E-state index contributed by atoms with van der Waals surface area (Å²) in [6, 6.07) is 5.20. The van der Waals surface area contributed by atoms with Crippen LogP contribution < -0.4 is 16.0 Å². The molecule has 0 saturated carbocycles. The number of hydrogen-bond acceptors (Lipinski definition) is 2. The van der Waals surface area contributed by atoms with Gasteiger partial charge in [-0.05, 0) is 51.3 Å². The van der Waals surface area contributed by atoms with Crippen molar-refractivity contribution in [2.75, 3.05) is 26.7 Å². The summed E-state index contributed by atoms with van der Waals surface area (Å²) in [5.74, 6) is 0.618. The molecule has 0 aromatic heterocycles. The second kappa shape index (κ2) is 9.88. The van der Waals surface area contributed by atoms with Gasteiger partial charge in [-0.3, -0.25) is 4.99 Å². The molecule has 23 heavy (non-hydrogen) atoms. The molecule has 0 spiro atoms. The predicted octanol–water partition coefficient (Wildman–Crippen LogP) is 3.07. The van der Waals surface area contributed by atoms with Gasteiger partial charge in [-0.2, -0.15) is 0 Å². The van der Waals surface area contributed by atoms with Crippen LogP contribution in [0.4, 0.5) is 4.39 Å². The number of nitrogens with one attached hydrogen (secondary N) is 3. The highest BCUT2D eigenvalue weighted by Gasteiger charge is 2.07. The van der Waals surface area contributed by atoms with Crippen LogP contribution in [-0.2, 0) is 6.42 Å². The highest BCUT2D eigenvalue weighted by atomic mass is 79.9.